The fourth-order valence-corrected chi connectivity index (χ4v) is 1.57. The van der Waals surface area contributed by atoms with Crippen molar-refractivity contribution < 1.29 is 5.73 Å². The van der Waals surface area contributed by atoms with Crippen LogP contribution in [0.25, 0.3) is 0 Å². The van der Waals surface area contributed by atoms with E-state index in [2.05, 4.69) is 50.8 Å². The highest BCUT2D eigenvalue weighted by atomic mass is 14.6. The van der Waals surface area contributed by atoms with Gasteiger partial charge in [-0.15, -0.1) is 0 Å². The van der Waals surface area contributed by atoms with Gasteiger partial charge < -0.3 is 5.73 Å². The van der Waals surface area contributed by atoms with Crippen LogP contribution in [0.2, 0.25) is 0 Å². The van der Waals surface area contributed by atoms with Crippen molar-refractivity contribution in [2.45, 2.75) is 45.6 Å². The first-order valence-corrected chi connectivity index (χ1v) is 5.62. The maximum atomic E-state index is 4.12. The zero-order valence-corrected chi connectivity index (χ0v) is 9.59. The molecule has 2 atom stereocenters. The molecule has 1 heteroatoms. The second kappa shape index (κ2) is 5.16. The molecule has 1 aromatic carbocycles. The summed E-state index contributed by atoms with van der Waals surface area (Å²) in [4.78, 5) is 0. The van der Waals surface area contributed by atoms with Crippen LogP contribution in [0.15, 0.2) is 24.3 Å². The Morgan fingerprint density at radius 2 is 1.50 bits per heavy atom. The molecule has 0 amide bonds. The number of hydrogen-bond acceptors (Lipinski definition) is 0. The number of quaternary nitrogens is 1. The first-order chi connectivity index (χ1) is 6.69. The molecule has 78 valence electrons. The minimum atomic E-state index is 0.445. The summed E-state index contributed by atoms with van der Waals surface area (Å²) in [5, 5.41) is 0. The molecule has 0 bridgehead atoms. The SMILES string of the molecule is CC[C@@H](C)c1ccc([C@H]([NH3+])CC)cc1. The summed E-state index contributed by atoms with van der Waals surface area (Å²) in [5.74, 6) is 0.675. The van der Waals surface area contributed by atoms with Crippen molar-refractivity contribution in [1.82, 2.24) is 0 Å². The van der Waals surface area contributed by atoms with Crippen molar-refractivity contribution in [2.24, 2.45) is 0 Å². The van der Waals surface area contributed by atoms with E-state index in [1.165, 1.54) is 17.5 Å². The molecule has 0 unspecified atom stereocenters. The molecular weight excluding hydrogens is 170 g/mol. The van der Waals surface area contributed by atoms with E-state index in [-0.39, 0.29) is 0 Å². The monoisotopic (exact) mass is 192 g/mol. The molecule has 0 spiro atoms. The smallest absolute Gasteiger partial charge is 0.110 e. The van der Waals surface area contributed by atoms with Gasteiger partial charge in [0.25, 0.3) is 0 Å². The molecule has 0 aliphatic carbocycles. The van der Waals surface area contributed by atoms with Crippen LogP contribution in [-0.2, 0) is 0 Å². The first-order valence-electron chi connectivity index (χ1n) is 5.62. The van der Waals surface area contributed by atoms with Crippen LogP contribution in [0.5, 0.6) is 0 Å². The fourth-order valence-electron chi connectivity index (χ4n) is 1.57. The minimum absolute atomic E-state index is 0.445. The quantitative estimate of drug-likeness (QED) is 0.759. The van der Waals surface area contributed by atoms with Crippen LogP contribution >= 0.6 is 0 Å². The summed E-state index contributed by atoms with van der Waals surface area (Å²) in [6.07, 6.45) is 2.32. The van der Waals surface area contributed by atoms with E-state index in [1.54, 1.807) is 0 Å². The van der Waals surface area contributed by atoms with E-state index in [4.69, 9.17) is 0 Å². The number of hydrogen-bond donors (Lipinski definition) is 1. The standard InChI is InChI=1S/C13H21N/c1-4-10(3)11-6-8-12(9-7-11)13(14)5-2/h6-10,13H,4-5,14H2,1-3H3/p+1/t10-,13-/m1/s1. The largest absolute Gasteiger partial charge is 0.351 e. The van der Waals surface area contributed by atoms with Crippen molar-refractivity contribution >= 4 is 0 Å². The maximum Gasteiger partial charge on any atom is 0.110 e. The van der Waals surface area contributed by atoms with Crippen LogP contribution in [0, 0.1) is 0 Å². The summed E-state index contributed by atoms with van der Waals surface area (Å²) in [7, 11) is 0. The molecule has 0 heterocycles. The molecule has 1 rings (SSSR count). The summed E-state index contributed by atoms with van der Waals surface area (Å²) >= 11 is 0. The highest BCUT2D eigenvalue weighted by Crippen LogP contribution is 2.20. The third-order valence-corrected chi connectivity index (χ3v) is 3.08. The van der Waals surface area contributed by atoms with Crippen molar-refractivity contribution in [3.63, 3.8) is 0 Å². The molecule has 1 aromatic rings. The molecule has 0 aliphatic rings. The second-order valence-electron chi connectivity index (χ2n) is 4.08. The molecule has 0 aliphatic heterocycles. The predicted molar refractivity (Wildman–Crippen MR) is 61.1 cm³/mol. The Bertz CT molecular complexity index is 234. The zero-order chi connectivity index (χ0) is 10.6. The lowest BCUT2D eigenvalue weighted by Crippen LogP contribution is -2.53. The summed E-state index contributed by atoms with van der Waals surface area (Å²) < 4.78 is 0. The van der Waals surface area contributed by atoms with Gasteiger partial charge in [0.15, 0.2) is 0 Å². The Hall–Kier alpha value is -0.820. The van der Waals surface area contributed by atoms with Gasteiger partial charge in [0.1, 0.15) is 6.04 Å². The predicted octanol–water partition coefficient (Wildman–Crippen LogP) is 2.89. The van der Waals surface area contributed by atoms with Crippen LogP contribution in [0.1, 0.15) is 56.7 Å². The summed E-state index contributed by atoms with van der Waals surface area (Å²) in [6.45, 7) is 6.69. The van der Waals surface area contributed by atoms with Gasteiger partial charge in [-0.05, 0) is 17.9 Å². The average Bonchev–Trinajstić information content (AvgIpc) is 2.27. The molecule has 0 radical (unpaired) electrons. The summed E-state index contributed by atoms with van der Waals surface area (Å²) in [5.41, 5.74) is 6.93. The van der Waals surface area contributed by atoms with E-state index in [9.17, 15) is 0 Å². The van der Waals surface area contributed by atoms with Crippen molar-refractivity contribution in [1.29, 1.82) is 0 Å². The van der Waals surface area contributed by atoms with E-state index >= 15 is 0 Å². The summed E-state index contributed by atoms with van der Waals surface area (Å²) in [6, 6.07) is 9.39. The van der Waals surface area contributed by atoms with E-state index in [0.29, 0.717) is 12.0 Å². The van der Waals surface area contributed by atoms with Gasteiger partial charge in [-0.3, -0.25) is 0 Å². The number of benzene rings is 1. The van der Waals surface area contributed by atoms with Gasteiger partial charge in [-0.1, -0.05) is 45.0 Å². The second-order valence-corrected chi connectivity index (χ2v) is 4.08. The van der Waals surface area contributed by atoms with Crippen molar-refractivity contribution in [3.8, 4) is 0 Å². The number of rotatable bonds is 4. The van der Waals surface area contributed by atoms with Gasteiger partial charge in [-0.25, -0.2) is 0 Å². The topological polar surface area (TPSA) is 27.6 Å². The van der Waals surface area contributed by atoms with Gasteiger partial charge in [0.05, 0.1) is 0 Å². The molecule has 0 saturated carbocycles. The lowest BCUT2D eigenvalue weighted by Gasteiger charge is -2.11. The van der Waals surface area contributed by atoms with E-state index < -0.39 is 0 Å². The Morgan fingerprint density at radius 3 is 1.93 bits per heavy atom. The van der Waals surface area contributed by atoms with Crippen LogP contribution in [0.3, 0.4) is 0 Å². The molecule has 1 nitrogen and oxygen atoms in total. The zero-order valence-electron chi connectivity index (χ0n) is 9.59. The van der Waals surface area contributed by atoms with Crippen LogP contribution in [0.4, 0.5) is 0 Å². The average molecular weight is 192 g/mol. The van der Waals surface area contributed by atoms with Gasteiger partial charge >= 0.3 is 0 Å². The lowest BCUT2D eigenvalue weighted by atomic mass is 9.96. The lowest BCUT2D eigenvalue weighted by molar-refractivity contribution is -0.427. The Morgan fingerprint density at radius 1 is 1.00 bits per heavy atom. The minimum Gasteiger partial charge on any atom is -0.351 e. The molecule has 0 fully saturated rings. The van der Waals surface area contributed by atoms with Gasteiger partial charge in [-0.2, -0.15) is 0 Å². The van der Waals surface area contributed by atoms with Crippen LogP contribution < -0.4 is 5.73 Å². The van der Waals surface area contributed by atoms with Crippen molar-refractivity contribution in [2.75, 3.05) is 0 Å². The third-order valence-electron chi connectivity index (χ3n) is 3.08. The highest BCUT2D eigenvalue weighted by Gasteiger charge is 2.07. The fraction of sp³-hybridized carbons (Fsp3) is 0.538. The third kappa shape index (κ3) is 2.58. The van der Waals surface area contributed by atoms with Crippen molar-refractivity contribution in [3.05, 3.63) is 35.4 Å². The molecular formula is C13H22N+. The Kier molecular flexibility index (Phi) is 4.15. The molecule has 14 heavy (non-hydrogen) atoms. The molecule has 0 saturated heterocycles. The first kappa shape index (κ1) is 11.3. The van der Waals surface area contributed by atoms with E-state index in [1.807, 2.05) is 0 Å². The Labute approximate surface area is 87.3 Å². The Balaban J connectivity index is 2.78. The molecule has 3 N–H and O–H groups in total. The van der Waals surface area contributed by atoms with Gasteiger partial charge in [0.2, 0.25) is 0 Å². The normalized spacial score (nSPS) is 15.1. The molecule has 0 aromatic heterocycles. The highest BCUT2D eigenvalue weighted by molar-refractivity contribution is 5.26. The van der Waals surface area contributed by atoms with Crippen LogP contribution in [-0.4, -0.2) is 0 Å². The van der Waals surface area contributed by atoms with E-state index in [0.717, 1.165) is 6.42 Å². The van der Waals surface area contributed by atoms with Gasteiger partial charge in [0, 0.05) is 12.0 Å². The maximum absolute atomic E-state index is 4.12.